The standard InChI is InChI=1S/C21H16/c1-2-8-16-15(7-1)11-12-18-17-9-3-4-10-19(17)21(20(16)18)13-5-6-14-21/h1-5,7-13H,6,14H2. The highest BCUT2D eigenvalue weighted by Gasteiger charge is 2.43. The van der Waals surface area contributed by atoms with Crippen LogP contribution in [-0.2, 0) is 5.41 Å². The highest BCUT2D eigenvalue weighted by Crippen LogP contribution is 2.56. The minimum atomic E-state index is 0.104. The fraction of sp³-hybridized carbons (Fsp3) is 0.143. The molecule has 1 atom stereocenters. The van der Waals surface area contributed by atoms with Gasteiger partial charge in [0.25, 0.3) is 0 Å². The molecular weight excluding hydrogens is 252 g/mol. The Labute approximate surface area is 124 Å². The number of hydrogen-bond donors (Lipinski definition) is 0. The van der Waals surface area contributed by atoms with E-state index in [1.165, 1.54) is 45.9 Å². The second-order valence-corrected chi connectivity index (χ2v) is 6.17. The molecule has 1 spiro atoms. The van der Waals surface area contributed by atoms with Crippen LogP contribution in [0.1, 0.15) is 24.0 Å². The summed E-state index contributed by atoms with van der Waals surface area (Å²) in [5.41, 5.74) is 5.97. The van der Waals surface area contributed by atoms with Gasteiger partial charge in [0.05, 0.1) is 0 Å². The minimum absolute atomic E-state index is 0.104. The number of benzene rings is 3. The van der Waals surface area contributed by atoms with Gasteiger partial charge in [-0.3, -0.25) is 0 Å². The van der Waals surface area contributed by atoms with Gasteiger partial charge in [-0.25, -0.2) is 0 Å². The highest BCUT2D eigenvalue weighted by atomic mass is 14.4. The molecule has 0 saturated heterocycles. The monoisotopic (exact) mass is 268 g/mol. The number of hydrogen-bond acceptors (Lipinski definition) is 0. The molecule has 5 rings (SSSR count). The number of allylic oxidation sites excluding steroid dienone is 2. The molecule has 2 aliphatic carbocycles. The molecule has 2 aliphatic rings. The van der Waals surface area contributed by atoms with Gasteiger partial charge in [0.2, 0.25) is 0 Å². The van der Waals surface area contributed by atoms with E-state index in [9.17, 15) is 0 Å². The summed E-state index contributed by atoms with van der Waals surface area (Å²) < 4.78 is 0. The predicted octanol–water partition coefficient (Wildman–Crippen LogP) is 5.46. The maximum atomic E-state index is 2.45. The van der Waals surface area contributed by atoms with E-state index in [0.29, 0.717) is 0 Å². The Morgan fingerprint density at radius 3 is 2.52 bits per heavy atom. The molecule has 0 fully saturated rings. The fourth-order valence-corrected chi connectivity index (χ4v) is 4.33. The summed E-state index contributed by atoms with van der Waals surface area (Å²) in [7, 11) is 0. The van der Waals surface area contributed by atoms with E-state index in [0.717, 1.165) is 0 Å². The van der Waals surface area contributed by atoms with Crippen LogP contribution in [0.4, 0.5) is 0 Å². The van der Waals surface area contributed by atoms with Crippen molar-refractivity contribution in [1.82, 2.24) is 0 Å². The molecular formula is C21H16. The average molecular weight is 268 g/mol. The van der Waals surface area contributed by atoms with E-state index in [1.54, 1.807) is 0 Å². The first-order chi connectivity index (χ1) is 10.4. The molecule has 3 aromatic carbocycles. The summed E-state index contributed by atoms with van der Waals surface area (Å²) in [4.78, 5) is 0. The Bertz CT molecular complexity index is 901. The largest absolute Gasteiger partial charge is 0.0873 e. The van der Waals surface area contributed by atoms with E-state index in [2.05, 4.69) is 72.8 Å². The van der Waals surface area contributed by atoms with Gasteiger partial charge in [0.15, 0.2) is 0 Å². The molecule has 0 N–H and O–H groups in total. The van der Waals surface area contributed by atoms with Crippen LogP contribution in [0.25, 0.3) is 21.9 Å². The van der Waals surface area contributed by atoms with E-state index < -0.39 is 0 Å². The molecule has 0 bridgehead atoms. The Hall–Kier alpha value is -2.34. The fourth-order valence-electron chi connectivity index (χ4n) is 4.33. The van der Waals surface area contributed by atoms with E-state index >= 15 is 0 Å². The summed E-state index contributed by atoms with van der Waals surface area (Å²) >= 11 is 0. The zero-order chi connectivity index (χ0) is 13.9. The first-order valence-corrected chi connectivity index (χ1v) is 7.70. The predicted molar refractivity (Wildman–Crippen MR) is 88.5 cm³/mol. The molecule has 3 aromatic rings. The summed E-state index contributed by atoms with van der Waals surface area (Å²) in [6, 6.07) is 22.3. The number of fused-ring (bicyclic) bond motifs is 7. The Balaban J connectivity index is 1.99. The third kappa shape index (κ3) is 1.30. The molecule has 0 amide bonds. The van der Waals surface area contributed by atoms with E-state index in [1.807, 2.05) is 0 Å². The van der Waals surface area contributed by atoms with Crippen molar-refractivity contribution >= 4 is 10.8 Å². The molecule has 21 heavy (non-hydrogen) atoms. The SMILES string of the molecule is C1=CC2(CC1)c1ccccc1-c1ccc3ccccc3c12. The van der Waals surface area contributed by atoms with Gasteiger partial charge in [-0.15, -0.1) is 0 Å². The van der Waals surface area contributed by atoms with E-state index in [4.69, 9.17) is 0 Å². The van der Waals surface area contributed by atoms with Gasteiger partial charge < -0.3 is 0 Å². The molecule has 0 heterocycles. The van der Waals surface area contributed by atoms with Gasteiger partial charge in [0, 0.05) is 5.41 Å². The van der Waals surface area contributed by atoms with Crippen molar-refractivity contribution in [2.45, 2.75) is 18.3 Å². The van der Waals surface area contributed by atoms with Crippen LogP contribution in [0.2, 0.25) is 0 Å². The smallest absolute Gasteiger partial charge is 0.0403 e. The lowest BCUT2D eigenvalue weighted by Gasteiger charge is -2.26. The molecule has 0 aliphatic heterocycles. The summed E-state index contributed by atoms with van der Waals surface area (Å²) in [5, 5.41) is 2.77. The molecule has 0 saturated carbocycles. The maximum Gasteiger partial charge on any atom is 0.0403 e. The van der Waals surface area contributed by atoms with Crippen LogP contribution < -0.4 is 0 Å². The Kier molecular flexibility index (Phi) is 2.08. The second-order valence-electron chi connectivity index (χ2n) is 6.17. The van der Waals surface area contributed by atoms with Crippen molar-refractivity contribution in [3.05, 3.63) is 83.9 Å². The van der Waals surface area contributed by atoms with Crippen LogP contribution in [0.3, 0.4) is 0 Å². The zero-order valence-electron chi connectivity index (χ0n) is 11.8. The minimum Gasteiger partial charge on any atom is -0.0873 e. The first-order valence-electron chi connectivity index (χ1n) is 7.70. The zero-order valence-corrected chi connectivity index (χ0v) is 11.8. The molecule has 0 radical (unpaired) electrons. The number of rotatable bonds is 0. The first kappa shape index (κ1) is 11.3. The van der Waals surface area contributed by atoms with Crippen LogP contribution >= 0.6 is 0 Å². The van der Waals surface area contributed by atoms with Crippen LogP contribution in [0.5, 0.6) is 0 Å². The molecule has 0 nitrogen and oxygen atoms in total. The molecule has 0 heteroatoms. The normalized spacial score (nSPS) is 21.9. The van der Waals surface area contributed by atoms with Crippen LogP contribution in [0, 0.1) is 0 Å². The molecule has 0 aromatic heterocycles. The van der Waals surface area contributed by atoms with Crippen LogP contribution in [0.15, 0.2) is 72.8 Å². The van der Waals surface area contributed by atoms with Gasteiger partial charge in [-0.2, -0.15) is 0 Å². The summed E-state index contributed by atoms with van der Waals surface area (Å²) in [6.45, 7) is 0. The van der Waals surface area contributed by atoms with Gasteiger partial charge in [-0.1, -0.05) is 72.8 Å². The van der Waals surface area contributed by atoms with Gasteiger partial charge in [-0.05, 0) is 45.9 Å². The summed E-state index contributed by atoms with van der Waals surface area (Å²) in [5.74, 6) is 0. The highest BCUT2D eigenvalue weighted by molar-refractivity contribution is 5.98. The lowest BCUT2D eigenvalue weighted by molar-refractivity contribution is 0.644. The van der Waals surface area contributed by atoms with Crippen molar-refractivity contribution in [2.75, 3.05) is 0 Å². The second kappa shape index (κ2) is 3.85. The third-order valence-corrected chi connectivity index (χ3v) is 5.18. The quantitative estimate of drug-likeness (QED) is 0.475. The Morgan fingerprint density at radius 2 is 1.62 bits per heavy atom. The van der Waals surface area contributed by atoms with Crippen molar-refractivity contribution in [2.24, 2.45) is 0 Å². The van der Waals surface area contributed by atoms with Crippen molar-refractivity contribution in [3.63, 3.8) is 0 Å². The van der Waals surface area contributed by atoms with Crippen molar-refractivity contribution in [3.8, 4) is 11.1 Å². The average Bonchev–Trinajstić information content (AvgIpc) is 3.14. The van der Waals surface area contributed by atoms with E-state index in [-0.39, 0.29) is 5.41 Å². The lowest BCUT2D eigenvalue weighted by Crippen LogP contribution is -2.19. The maximum absolute atomic E-state index is 2.45. The van der Waals surface area contributed by atoms with Gasteiger partial charge >= 0.3 is 0 Å². The van der Waals surface area contributed by atoms with Crippen LogP contribution in [-0.4, -0.2) is 0 Å². The van der Waals surface area contributed by atoms with Crippen molar-refractivity contribution in [1.29, 1.82) is 0 Å². The lowest BCUT2D eigenvalue weighted by atomic mass is 9.76. The molecule has 1 unspecified atom stereocenters. The molecule has 100 valence electrons. The Morgan fingerprint density at radius 1 is 0.762 bits per heavy atom. The van der Waals surface area contributed by atoms with Crippen molar-refractivity contribution < 1.29 is 0 Å². The topological polar surface area (TPSA) is 0 Å². The summed E-state index contributed by atoms with van der Waals surface area (Å²) in [6.07, 6.45) is 7.18. The third-order valence-electron chi connectivity index (χ3n) is 5.18. The van der Waals surface area contributed by atoms with Gasteiger partial charge in [0.1, 0.15) is 0 Å².